The molecule has 6 heteroatoms. The van der Waals surface area contributed by atoms with Crippen LogP contribution in [0.3, 0.4) is 0 Å². The number of carbonyl (C=O) groups is 1. The lowest BCUT2D eigenvalue weighted by atomic mass is 10.1. The molecule has 5 nitrogen and oxygen atoms in total. The third-order valence-corrected chi connectivity index (χ3v) is 5.10. The summed E-state index contributed by atoms with van der Waals surface area (Å²) in [6.07, 6.45) is 2.70. The molecule has 0 aromatic carbocycles. The molecule has 2 rings (SSSR count). The first-order valence-corrected chi connectivity index (χ1v) is 9.51. The largest absolute Gasteiger partial charge is 0.396 e. The minimum absolute atomic E-state index is 0.0377. The highest BCUT2D eigenvalue weighted by molar-refractivity contribution is 7.09. The van der Waals surface area contributed by atoms with Crippen LogP contribution < -0.4 is 0 Å². The van der Waals surface area contributed by atoms with Crippen LogP contribution in [-0.2, 0) is 6.42 Å². The minimum Gasteiger partial charge on any atom is -0.396 e. The van der Waals surface area contributed by atoms with E-state index < -0.39 is 0 Å². The van der Waals surface area contributed by atoms with Crippen LogP contribution in [0, 0.1) is 5.92 Å². The Morgan fingerprint density at radius 3 is 2.91 bits per heavy atom. The summed E-state index contributed by atoms with van der Waals surface area (Å²) in [4.78, 5) is 21.5. The van der Waals surface area contributed by atoms with E-state index in [9.17, 15) is 9.90 Å². The number of carbonyl (C=O) groups excluding carboxylic acids is 1. The van der Waals surface area contributed by atoms with Gasteiger partial charge < -0.3 is 10.0 Å². The fourth-order valence-electron chi connectivity index (χ4n) is 3.11. The summed E-state index contributed by atoms with van der Waals surface area (Å²) in [6.45, 7) is 10.0. The summed E-state index contributed by atoms with van der Waals surface area (Å²) in [5.41, 5.74) is 0.582. The molecule has 1 aromatic rings. The first-order valence-electron chi connectivity index (χ1n) is 8.63. The number of thiazole rings is 1. The molecule has 1 unspecified atom stereocenters. The zero-order chi connectivity index (χ0) is 16.8. The molecular formula is C17H29N3O2S. The van der Waals surface area contributed by atoms with Gasteiger partial charge in [-0.1, -0.05) is 20.8 Å². The highest BCUT2D eigenvalue weighted by atomic mass is 32.1. The van der Waals surface area contributed by atoms with Crippen molar-refractivity contribution >= 4 is 17.2 Å². The number of aliphatic hydroxyl groups is 1. The van der Waals surface area contributed by atoms with Gasteiger partial charge in [0, 0.05) is 44.2 Å². The maximum Gasteiger partial charge on any atom is 0.273 e. The predicted octanol–water partition coefficient (Wildman–Crippen LogP) is 2.26. The van der Waals surface area contributed by atoms with Gasteiger partial charge in [0.2, 0.25) is 0 Å². The number of rotatable bonds is 7. The summed E-state index contributed by atoms with van der Waals surface area (Å²) in [7, 11) is 0. The lowest BCUT2D eigenvalue weighted by Crippen LogP contribution is -2.55. The smallest absolute Gasteiger partial charge is 0.273 e. The minimum atomic E-state index is 0.0377. The van der Waals surface area contributed by atoms with Crippen molar-refractivity contribution < 1.29 is 9.90 Å². The van der Waals surface area contributed by atoms with Gasteiger partial charge in [-0.2, -0.15) is 0 Å². The normalized spacial score (nSPS) is 19.5. The van der Waals surface area contributed by atoms with Gasteiger partial charge in [0.15, 0.2) is 0 Å². The molecule has 1 amide bonds. The molecule has 0 spiro atoms. The van der Waals surface area contributed by atoms with Crippen molar-refractivity contribution in [1.29, 1.82) is 0 Å². The van der Waals surface area contributed by atoms with E-state index in [1.165, 1.54) is 0 Å². The van der Waals surface area contributed by atoms with E-state index in [1.54, 1.807) is 11.3 Å². The van der Waals surface area contributed by atoms with Crippen molar-refractivity contribution in [3.8, 4) is 0 Å². The monoisotopic (exact) mass is 339 g/mol. The van der Waals surface area contributed by atoms with Crippen LogP contribution in [0.5, 0.6) is 0 Å². The molecule has 1 N–H and O–H groups in total. The summed E-state index contributed by atoms with van der Waals surface area (Å²) in [5, 5.41) is 12.3. The van der Waals surface area contributed by atoms with Crippen LogP contribution in [-0.4, -0.2) is 64.6 Å². The van der Waals surface area contributed by atoms with Gasteiger partial charge in [-0.25, -0.2) is 4.98 Å². The van der Waals surface area contributed by atoms with Gasteiger partial charge in [0.25, 0.3) is 5.91 Å². The fourth-order valence-corrected chi connectivity index (χ4v) is 3.98. The molecule has 0 saturated carbocycles. The Morgan fingerprint density at radius 1 is 1.48 bits per heavy atom. The van der Waals surface area contributed by atoms with Crippen LogP contribution in [0.2, 0.25) is 0 Å². The predicted molar refractivity (Wildman–Crippen MR) is 93.9 cm³/mol. The highest BCUT2D eigenvalue weighted by Crippen LogP contribution is 2.19. The second kappa shape index (κ2) is 8.76. The highest BCUT2D eigenvalue weighted by Gasteiger charge is 2.30. The quantitative estimate of drug-likeness (QED) is 0.828. The summed E-state index contributed by atoms with van der Waals surface area (Å²) in [5.74, 6) is 0.629. The number of amides is 1. The lowest BCUT2D eigenvalue weighted by Gasteiger charge is -2.42. The van der Waals surface area contributed by atoms with Crippen LogP contribution in [0.1, 0.15) is 49.1 Å². The van der Waals surface area contributed by atoms with Crippen molar-refractivity contribution in [2.24, 2.45) is 5.92 Å². The van der Waals surface area contributed by atoms with Gasteiger partial charge in [0.1, 0.15) is 5.69 Å². The van der Waals surface area contributed by atoms with Gasteiger partial charge in [-0.15, -0.1) is 11.3 Å². The van der Waals surface area contributed by atoms with E-state index in [1.807, 2.05) is 10.3 Å². The molecule has 1 aliphatic rings. The molecule has 1 aromatic heterocycles. The zero-order valence-corrected chi connectivity index (χ0v) is 15.3. The third-order valence-electron chi connectivity index (χ3n) is 4.19. The number of aliphatic hydroxyl groups excluding tert-OH is 1. The molecule has 0 radical (unpaired) electrons. The molecule has 23 heavy (non-hydrogen) atoms. The Balaban J connectivity index is 2.01. The molecular weight excluding hydrogens is 310 g/mol. The number of piperazine rings is 1. The molecule has 1 saturated heterocycles. The van der Waals surface area contributed by atoms with E-state index in [0.29, 0.717) is 24.6 Å². The van der Waals surface area contributed by atoms with Gasteiger partial charge >= 0.3 is 0 Å². The van der Waals surface area contributed by atoms with Crippen molar-refractivity contribution in [2.75, 3.05) is 32.8 Å². The van der Waals surface area contributed by atoms with Gasteiger partial charge in [-0.05, 0) is 25.2 Å². The average Bonchev–Trinajstić information content (AvgIpc) is 2.97. The fraction of sp³-hybridized carbons (Fsp3) is 0.765. The average molecular weight is 340 g/mol. The zero-order valence-electron chi connectivity index (χ0n) is 14.5. The number of nitrogens with zero attached hydrogens (tertiary/aromatic N) is 3. The lowest BCUT2D eigenvalue weighted by molar-refractivity contribution is 0.0381. The van der Waals surface area contributed by atoms with E-state index in [0.717, 1.165) is 37.5 Å². The molecule has 0 aliphatic carbocycles. The van der Waals surface area contributed by atoms with E-state index >= 15 is 0 Å². The summed E-state index contributed by atoms with van der Waals surface area (Å²) >= 11 is 1.58. The van der Waals surface area contributed by atoms with E-state index in [4.69, 9.17) is 0 Å². The van der Waals surface area contributed by atoms with Crippen molar-refractivity contribution in [3.05, 3.63) is 16.1 Å². The summed E-state index contributed by atoms with van der Waals surface area (Å²) < 4.78 is 0. The Labute approximate surface area is 143 Å². The van der Waals surface area contributed by atoms with E-state index in [-0.39, 0.29) is 18.6 Å². The number of aryl methyl sites for hydroxylation is 1. The first kappa shape index (κ1) is 18.4. The molecule has 1 atom stereocenters. The number of aromatic nitrogens is 1. The molecule has 130 valence electrons. The Hall–Kier alpha value is -0.980. The molecule has 2 heterocycles. The van der Waals surface area contributed by atoms with Crippen LogP contribution in [0.15, 0.2) is 5.38 Å². The Morgan fingerprint density at radius 2 is 2.26 bits per heavy atom. The van der Waals surface area contributed by atoms with Crippen molar-refractivity contribution in [1.82, 2.24) is 14.8 Å². The Bertz CT molecular complexity index is 504. The maximum atomic E-state index is 12.7. The van der Waals surface area contributed by atoms with Crippen molar-refractivity contribution in [3.63, 3.8) is 0 Å². The molecule has 0 bridgehead atoms. The summed E-state index contributed by atoms with van der Waals surface area (Å²) in [6, 6.07) is 0.244. The van der Waals surface area contributed by atoms with Crippen molar-refractivity contribution in [2.45, 2.75) is 46.1 Å². The van der Waals surface area contributed by atoms with Gasteiger partial charge in [0.05, 0.1) is 5.01 Å². The molecule has 1 aliphatic heterocycles. The standard InChI is InChI=1S/C17H29N3O2S/c1-4-5-16-18-15(12-23-16)17(22)20-8-7-19(10-13(2)3)14(11-20)6-9-21/h12-14,21H,4-11H2,1-3H3. The number of hydrogen-bond acceptors (Lipinski definition) is 5. The van der Waals surface area contributed by atoms with E-state index in [2.05, 4.69) is 30.7 Å². The second-order valence-corrected chi connectivity index (χ2v) is 7.63. The van der Waals surface area contributed by atoms with Crippen LogP contribution in [0.4, 0.5) is 0 Å². The van der Waals surface area contributed by atoms with Crippen LogP contribution >= 0.6 is 11.3 Å². The second-order valence-electron chi connectivity index (χ2n) is 6.68. The Kier molecular flexibility index (Phi) is 6.99. The topological polar surface area (TPSA) is 56.7 Å². The maximum absolute atomic E-state index is 12.7. The third kappa shape index (κ3) is 4.99. The first-order chi connectivity index (χ1) is 11.0. The van der Waals surface area contributed by atoms with Crippen LogP contribution in [0.25, 0.3) is 0 Å². The number of hydrogen-bond donors (Lipinski definition) is 1. The van der Waals surface area contributed by atoms with Gasteiger partial charge in [-0.3, -0.25) is 9.69 Å². The molecule has 1 fully saturated rings. The SMILES string of the molecule is CCCc1nc(C(=O)N2CCN(CC(C)C)C(CCO)C2)cs1.